The van der Waals surface area contributed by atoms with Gasteiger partial charge in [0.15, 0.2) is 5.78 Å². The van der Waals surface area contributed by atoms with E-state index in [1.54, 1.807) is 30.8 Å². The molecule has 0 amide bonds. The van der Waals surface area contributed by atoms with Crippen molar-refractivity contribution in [3.63, 3.8) is 0 Å². The van der Waals surface area contributed by atoms with E-state index in [-0.39, 0.29) is 29.8 Å². The van der Waals surface area contributed by atoms with E-state index >= 15 is 0 Å². The molecule has 0 bridgehead atoms. The fourth-order valence-electron chi connectivity index (χ4n) is 3.40. The fraction of sp³-hybridized carbons (Fsp3) is 0.654. The Bertz CT molecular complexity index is 830. The van der Waals surface area contributed by atoms with Crippen LogP contribution in [-0.2, 0) is 20.7 Å². The molecule has 36 heavy (non-hydrogen) atoms. The number of benzene rings is 1. The highest BCUT2D eigenvalue weighted by Crippen LogP contribution is 2.34. The molecule has 1 saturated heterocycles. The van der Waals surface area contributed by atoms with Crippen molar-refractivity contribution >= 4 is 41.2 Å². The molecule has 0 spiro atoms. The summed E-state index contributed by atoms with van der Waals surface area (Å²) in [4.78, 5) is 31.6. The van der Waals surface area contributed by atoms with Gasteiger partial charge in [0.2, 0.25) is 0 Å². The van der Waals surface area contributed by atoms with E-state index in [4.69, 9.17) is 19.7 Å². The van der Waals surface area contributed by atoms with Crippen molar-refractivity contribution < 1.29 is 39.2 Å². The maximum absolute atomic E-state index is 11.6. The Hall–Kier alpha value is -1.91. The van der Waals surface area contributed by atoms with E-state index in [2.05, 4.69) is 0 Å². The molecule has 1 aliphatic heterocycles. The second kappa shape index (κ2) is 18.4. The van der Waals surface area contributed by atoms with Gasteiger partial charge in [-0.25, -0.2) is 0 Å². The molecule has 1 fully saturated rings. The van der Waals surface area contributed by atoms with Crippen LogP contribution in [0.15, 0.2) is 12.1 Å². The molecule has 2 unspecified atom stereocenters. The molecule has 204 valence electrons. The predicted molar refractivity (Wildman–Crippen MR) is 145 cm³/mol. The Morgan fingerprint density at radius 1 is 1.14 bits per heavy atom. The second-order valence-electron chi connectivity index (χ2n) is 8.43. The molecule has 2 rings (SSSR count). The Morgan fingerprint density at radius 2 is 1.86 bits per heavy atom. The molecule has 0 aromatic heterocycles. The Balaban J connectivity index is 0.00000118. The largest absolute Gasteiger partial charge is 0.507 e. The zero-order valence-electron chi connectivity index (χ0n) is 21.5. The van der Waals surface area contributed by atoms with Crippen LogP contribution in [0.4, 0.5) is 0 Å². The predicted octanol–water partition coefficient (Wildman–Crippen LogP) is 5.63. The van der Waals surface area contributed by atoms with Crippen LogP contribution in [0.3, 0.4) is 0 Å². The second-order valence-corrected chi connectivity index (χ2v) is 11.0. The molecule has 0 aliphatic carbocycles. The number of thioether (sulfide) groups is 2. The highest BCUT2D eigenvalue weighted by atomic mass is 32.2. The van der Waals surface area contributed by atoms with Crippen LogP contribution in [0, 0.1) is 0 Å². The summed E-state index contributed by atoms with van der Waals surface area (Å²) < 4.78 is 11.6. The number of carbonyl (C=O) groups excluding carboxylic acids is 1. The minimum Gasteiger partial charge on any atom is -0.507 e. The van der Waals surface area contributed by atoms with E-state index in [1.165, 1.54) is 6.92 Å². The number of Topliss-reactive ketones (excluding diaryl/α,β-unsaturated/α-hetero) is 1. The Morgan fingerprint density at radius 3 is 2.47 bits per heavy atom. The minimum atomic E-state index is -0.766. The van der Waals surface area contributed by atoms with Crippen LogP contribution in [-0.4, -0.2) is 68.4 Å². The minimum absolute atomic E-state index is 0.0281. The molecule has 8 nitrogen and oxygen atoms in total. The summed E-state index contributed by atoms with van der Waals surface area (Å²) >= 11 is 3.69. The number of ether oxygens (including phenoxy) is 2. The number of rotatable bonds is 16. The molecule has 10 heteroatoms. The molecule has 0 radical (unpaired) electrons. The third-order valence-corrected chi connectivity index (χ3v) is 8.11. The summed E-state index contributed by atoms with van der Waals surface area (Å²) in [5.74, 6) is 1.20. The van der Waals surface area contributed by atoms with Crippen LogP contribution in [0.2, 0.25) is 0 Å². The van der Waals surface area contributed by atoms with Gasteiger partial charge in [0.25, 0.3) is 0 Å². The first-order chi connectivity index (χ1) is 17.2. The van der Waals surface area contributed by atoms with Crippen LogP contribution >= 0.6 is 23.5 Å². The maximum atomic E-state index is 11.6. The van der Waals surface area contributed by atoms with Crippen molar-refractivity contribution in [1.82, 2.24) is 0 Å². The van der Waals surface area contributed by atoms with Gasteiger partial charge < -0.3 is 24.8 Å². The quantitative estimate of drug-likeness (QED) is 0.178. The normalized spacial score (nSPS) is 16.8. The van der Waals surface area contributed by atoms with Gasteiger partial charge in [-0.05, 0) is 56.9 Å². The standard InChI is InChI=1S/C23H34O6S2.C3H6O2/c1-3-7-19-20(9-8-18(16(2)24)23(19)27)28-12-5-4-6-13-30-15-17-14-29-22(31-17)11-10-21(25)26;1-2-3(4)5/h8-9,17,22,27H,3-7,10-15H2,1-2H3,(H,25,26);2H2,1H3,(H,4,5). The molecule has 0 saturated carbocycles. The zero-order valence-corrected chi connectivity index (χ0v) is 23.1. The monoisotopic (exact) mass is 544 g/mol. The van der Waals surface area contributed by atoms with Gasteiger partial charge in [-0.1, -0.05) is 20.3 Å². The lowest BCUT2D eigenvalue weighted by Crippen LogP contribution is -2.07. The fourth-order valence-corrected chi connectivity index (χ4v) is 5.93. The lowest BCUT2D eigenvalue weighted by molar-refractivity contribution is -0.138. The topological polar surface area (TPSA) is 130 Å². The van der Waals surface area contributed by atoms with Gasteiger partial charge in [-0.3, -0.25) is 14.4 Å². The Kier molecular flexibility index (Phi) is 16.4. The summed E-state index contributed by atoms with van der Waals surface area (Å²) in [6.45, 7) is 6.40. The summed E-state index contributed by atoms with van der Waals surface area (Å²) in [5, 5.41) is 27.3. The summed E-state index contributed by atoms with van der Waals surface area (Å²) in [6.07, 6.45) is 5.65. The molecule has 1 heterocycles. The van der Waals surface area contributed by atoms with E-state index < -0.39 is 11.9 Å². The number of unbranched alkanes of at least 4 members (excludes halogenated alkanes) is 2. The lowest BCUT2D eigenvalue weighted by Gasteiger charge is -2.14. The SMILES string of the molecule is CCC(=O)O.CCCc1c(OCCCCCSCC2COC(CCC(=O)O)S2)ccc(C(C)=O)c1O. The molecule has 3 N–H and O–H groups in total. The van der Waals surface area contributed by atoms with Gasteiger partial charge in [0, 0.05) is 29.4 Å². The number of ketones is 1. The average molecular weight is 545 g/mol. The molecular formula is C26H40O8S2. The summed E-state index contributed by atoms with van der Waals surface area (Å²) in [6, 6.07) is 3.43. The van der Waals surface area contributed by atoms with E-state index in [9.17, 15) is 19.5 Å². The first kappa shape index (κ1) is 32.1. The zero-order chi connectivity index (χ0) is 26.9. The number of hydrogen-bond donors (Lipinski definition) is 3. The number of hydrogen-bond acceptors (Lipinski definition) is 8. The van der Waals surface area contributed by atoms with Crippen LogP contribution in [0.1, 0.15) is 81.6 Å². The number of carboxylic acid groups (broad SMARTS) is 2. The van der Waals surface area contributed by atoms with Gasteiger partial charge in [-0.2, -0.15) is 11.8 Å². The number of phenolic OH excluding ortho intramolecular Hbond substituents is 1. The molecule has 2 atom stereocenters. The highest BCUT2D eigenvalue weighted by Gasteiger charge is 2.26. The number of carboxylic acids is 2. The third kappa shape index (κ3) is 12.9. The van der Waals surface area contributed by atoms with E-state index in [0.717, 1.165) is 42.8 Å². The molecule has 1 aromatic rings. The van der Waals surface area contributed by atoms with Crippen molar-refractivity contribution in [1.29, 1.82) is 0 Å². The van der Waals surface area contributed by atoms with Gasteiger partial charge in [0.05, 0.1) is 18.8 Å². The first-order valence-corrected chi connectivity index (χ1v) is 14.6. The van der Waals surface area contributed by atoms with Crippen molar-refractivity contribution in [2.24, 2.45) is 0 Å². The van der Waals surface area contributed by atoms with Gasteiger partial charge in [0.1, 0.15) is 16.9 Å². The van der Waals surface area contributed by atoms with Crippen LogP contribution in [0.25, 0.3) is 0 Å². The Labute approximate surface area is 222 Å². The summed E-state index contributed by atoms with van der Waals surface area (Å²) in [7, 11) is 0. The van der Waals surface area contributed by atoms with E-state index in [0.29, 0.717) is 42.6 Å². The van der Waals surface area contributed by atoms with Crippen molar-refractivity contribution in [2.45, 2.75) is 82.8 Å². The number of aromatic hydroxyl groups is 1. The maximum Gasteiger partial charge on any atom is 0.303 e. The number of carbonyl (C=O) groups is 3. The number of aliphatic carboxylic acids is 2. The van der Waals surface area contributed by atoms with Gasteiger partial charge >= 0.3 is 11.9 Å². The lowest BCUT2D eigenvalue weighted by atomic mass is 10.0. The van der Waals surface area contributed by atoms with Crippen molar-refractivity contribution in [3.05, 3.63) is 23.3 Å². The highest BCUT2D eigenvalue weighted by molar-refractivity contribution is 8.03. The van der Waals surface area contributed by atoms with Crippen molar-refractivity contribution in [2.75, 3.05) is 24.7 Å². The number of phenols is 1. The van der Waals surface area contributed by atoms with E-state index in [1.807, 2.05) is 18.7 Å². The third-order valence-electron chi connectivity index (χ3n) is 5.32. The summed E-state index contributed by atoms with van der Waals surface area (Å²) in [5.41, 5.74) is 1.11. The smallest absolute Gasteiger partial charge is 0.303 e. The average Bonchev–Trinajstić information content (AvgIpc) is 3.29. The van der Waals surface area contributed by atoms with Gasteiger partial charge in [-0.15, -0.1) is 11.8 Å². The first-order valence-electron chi connectivity index (χ1n) is 12.5. The van der Waals surface area contributed by atoms with Crippen LogP contribution < -0.4 is 4.74 Å². The molecular weight excluding hydrogens is 504 g/mol. The molecule has 1 aliphatic rings. The van der Waals surface area contributed by atoms with Crippen molar-refractivity contribution in [3.8, 4) is 11.5 Å². The molecule has 1 aromatic carbocycles. The van der Waals surface area contributed by atoms with Crippen LogP contribution in [0.5, 0.6) is 11.5 Å².